The van der Waals surface area contributed by atoms with Crippen LogP contribution in [0.1, 0.15) is 10.4 Å². The highest BCUT2D eigenvalue weighted by molar-refractivity contribution is 7.22. The third-order valence-electron chi connectivity index (χ3n) is 4.51. The van der Waals surface area contributed by atoms with Crippen molar-refractivity contribution >= 4 is 32.6 Å². The van der Waals surface area contributed by atoms with Gasteiger partial charge in [-0.05, 0) is 48.5 Å². The molecule has 0 aliphatic rings. The molecule has 0 atom stereocenters. The first kappa shape index (κ1) is 18.9. The fourth-order valence-corrected chi connectivity index (χ4v) is 3.96. The van der Waals surface area contributed by atoms with Gasteiger partial charge >= 0.3 is 0 Å². The van der Waals surface area contributed by atoms with Gasteiger partial charge in [-0.2, -0.15) is 5.10 Å². The third-order valence-corrected chi connectivity index (χ3v) is 5.55. The summed E-state index contributed by atoms with van der Waals surface area (Å²) in [4.78, 5) is 19.7. The SMILES string of the molecule is COc1ccc(C(=O)N(CCn2cccn2)c2nc3ccc(OC)cc3s2)cc1. The maximum Gasteiger partial charge on any atom is 0.260 e. The number of aromatic nitrogens is 3. The van der Waals surface area contributed by atoms with Crippen molar-refractivity contribution in [1.29, 1.82) is 0 Å². The number of rotatable bonds is 7. The Bertz CT molecular complexity index is 1110. The molecule has 0 radical (unpaired) electrons. The van der Waals surface area contributed by atoms with Gasteiger partial charge in [-0.15, -0.1) is 0 Å². The zero-order chi connectivity index (χ0) is 20.2. The fourth-order valence-electron chi connectivity index (χ4n) is 2.94. The molecule has 0 bridgehead atoms. The lowest BCUT2D eigenvalue weighted by Gasteiger charge is -2.20. The number of carbonyl (C=O) groups excluding carboxylic acids is 1. The van der Waals surface area contributed by atoms with Crippen molar-refractivity contribution in [2.45, 2.75) is 6.54 Å². The largest absolute Gasteiger partial charge is 0.497 e. The summed E-state index contributed by atoms with van der Waals surface area (Å²) in [5.41, 5.74) is 1.40. The standard InChI is InChI=1S/C21H20N4O3S/c1-27-16-6-4-15(5-7-16)20(26)25(13-12-24-11-3-10-22-24)21-23-18-9-8-17(28-2)14-19(18)29-21/h3-11,14H,12-13H2,1-2H3. The minimum absolute atomic E-state index is 0.120. The molecular weight excluding hydrogens is 388 g/mol. The molecule has 2 heterocycles. The molecule has 2 aromatic carbocycles. The van der Waals surface area contributed by atoms with Crippen LogP contribution in [0.2, 0.25) is 0 Å². The van der Waals surface area contributed by atoms with Crippen molar-refractivity contribution in [1.82, 2.24) is 14.8 Å². The summed E-state index contributed by atoms with van der Waals surface area (Å²) in [6, 6.07) is 14.6. The van der Waals surface area contributed by atoms with Gasteiger partial charge in [-0.25, -0.2) is 4.98 Å². The van der Waals surface area contributed by atoms with E-state index in [0.29, 0.717) is 29.5 Å². The van der Waals surface area contributed by atoms with Gasteiger partial charge < -0.3 is 9.47 Å². The average molecular weight is 408 g/mol. The summed E-state index contributed by atoms with van der Waals surface area (Å²) in [7, 11) is 3.23. The van der Waals surface area contributed by atoms with Crippen molar-refractivity contribution in [2.24, 2.45) is 0 Å². The maximum atomic E-state index is 13.3. The average Bonchev–Trinajstić information content (AvgIpc) is 3.43. The van der Waals surface area contributed by atoms with E-state index in [4.69, 9.17) is 9.47 Å². The molecule has 29 heavy (non-hydrogen) atoms. The number of hydrogen-bond donors (Lipinski definition) is 0. The van der Waals surface area contributed by atoms with Crippen LogP contribution in [0, 0.1) is 0 Å². The predicted octanol–water partition coefficient (Wildman–Crippen LogP) is 3.86. The van der Waals surface area contributed by atoms with E-state index in [2.05, 4.69) is 10.1 Å². The van der Waals surface area contributed by atoms with Crippen LogP contribution in [-0.4, -0.2) is 41.4 Å². The fraction of sp³-hybridized carbons (Fsp3) is 0.190. The molecule has 8 heteroatoms. The molecule has 0 saturated carbocycles. The summed E-state index contributed by atoms with van der Waals surface area (Å²) in [5, 5.41) is 4.87. The maximum absolute atomic E-state index is 13.3. The van der Waals surface area contributed by atoms with Crippen molar-refractivity contribution in [2.75, 3.05) is 25.7 Å². The van der Waals surface area contributed by atoms with E-state index in [1.54, 1.807) is 54.3 Å². The first-order chi connectivity index (χ1) is 14.2. The monoisotopic (exact) mass is 408 g/mol. The minimum Gasteiger partial charge on any atom is -0.497 e. The third kappa shape index (κ3) is 4.07. The van der Waals surface area contributed by atoms with E-state index in [1.807, 2.05) is 30.5 Å². The van der Waals surface area contributed by atoms with Crippen molar-refractivity contribution in [3.63, 3.8) is 0 Å². The van der Waals surface area contributed by atoms with E-state index < -0.39 is 0 Å². The van der Waals surface area contributed by atoms with Gasteiger partial charge in [-0.1, -0.05) is 11.3 Å². The number of hydrogen-bond acceptors (Lipinski definition) is 6. The molecule has 4 aromatic rings. The Morgan fingerprint density at radius 1 is 1.10 bits per heavy atom. The number of fused-ring (bicyclic) bond motifs is 1. The normalized spacial score (nSPS) is 10.8. The van der Waals surface area contributed by atoms with Crippen LogP contribution in [0.25, 0.3) is 10.2 Å². The molecule has 148 valence electrons. The van der Waals surface area contributed by atoms with Crippen molar-refractivity contribution in [3.05, 3.63) is 66.5 Å². The zero-order valence-electron chi connectivity index (χ0n) is 16.1. The summed E-state index contributed by atoms with van der Waals surface area (Å²) in [6.45, 7) is 1.01. The number of amides is 1. The molecule has 4 rings (SSSR count). The van der Waals surface area contributed by atoms with Crippen LogP contribution in [0.15, 0.2) is 60.9 Å². The number of benzene rings is 2. The lowest BCUT2D eigenvalue weighted by atomic mass is 10.2. The van der Waals surface area contributed by atoms with E-state index >= 15 is 0 Å². The number of ether oxygens (including phenoxy) is 2. The predicted molar refractivity (Wildman–Crippen MR) is 113 cm³/mol. The highest BCUT2D eigenvalue weighted by Gasteiger charge is 2.21. The van der Waals surface area contributed by atoms with Gasteiger partial charge in [0.15, 0.2) is 5.13 Å². The molecule has 0 aliphatic carbocycles. The Morgan fingerprint density at radius 2 is 1.86 bits per heavy atom. The van der Waals surface area contributed by atoms with Gasteiger partial charge in [0.25, 0.3) is 5.91 Å². The second-order valence-electron chi connectivity index (χ2n) is 6.28. The van der Waals surface area contributed by atoms with E-state index in [9.17, 15) is 4.79 Å². The summed E-state index contributed by atoms with van der Waals surface area (Å²) < 4.78 is 13.3. The second kappa shape index (κ2) is 8.32. The number of methoxy groups -OCH3 is 2. The molecule has 2 aromatic heterocycles. The molecule has 1 amide bonds. The van der Waals surface area contributed by atoms with E-state index in [-0.39, 0.29) is 5.91 Å². The van der Waals surface area contributed by atoms with Crippen LogP contribution in [0.5, 0.6) is 11.5 Å². The molecule has 0 saturated heterocycles. The molecule has 0 N–H and O–H groups in total. The van der Waals surface area contributed by atoms with Crippen molar-refractivity contribution in [3.8, 4) is 11.5 Å². The number of anilines is 1. The van der Waals surface area contributed by atoms with Gasteiger partial charge in [0.1, 0.15) is 11.5 Å². The molecule has 0 unspecified atom stereocenters. The number of nitrogens with zero attached hydrogens (tertiary/aromatic N) is 4. The van der Waals surface area contributed by atoms with Crippen LogP contribution in [0.4, 0.5) is 5.13 Å². The Hall–Kier alpha value is -3.39. The quantitative estimate of drug-likeness (QED) is 0.464. The van der Waals surface area contributed by atoms with Gasteiger partial charge in [-0.3, -0.25) is 14.4 Å². The minimum atomic E-state index is -0.120. The van der Waals surface area contributed by atoms with E-state index in [1.165, 1.54) is 11.3 Å². The Balaban J connectivity index is 1.67. The van der Waals surface area contributed by atoms with Gasteiger partial charge in [0.2, 0.25) is 0 Å². The number of carbonyl (C=O) groups is 1. The molecule has 0 spiro atoms. The Morgan fingerprint density at radius 3 is 2.55 bits per heavy atom. The first-order valence-electron chi connectivity index (χ1n) is 9.06. The Kier molecular flexibility index (Phi) is 5.44. The molecule has 7 nitrogen and oxygen atoms in total. The topological polar surface area (TPSA) is 69.5 Å². The van der Waals surface area contributed by atoms with Crippen LogP contribution in [0.3, 0.4) is 0 Å². The van der Waals surface area contributed by atoms with Crippen molar-refractivity contribution < 1.29 is 14.3 Å². The number of thiazole rings is 1. The summed E-state index contributed by atoms with van der Waals surface area (Å²) in [5.74, 6) is 1.35. The lowest BCUT2D eigenvalue weighted by molar-refractivity contribution is 0.0985. The molecule has 0 aliphatic heterocycles. The highest BCUT2D eigenvalue weighted by atomic mass is 32.1. The summed E-state index contributed by atoms with van der Waals surface area (Å²) in [6.07, 6.45) is 3.60. The smallest absolute Gasteiger partial charge is 0.260 e. The van der Waals surface area contributed by atoms with Crippen LogP contribution < -0.4 is 14.4 Å². The highest BCUT2D eigenvalue weighted by Crippen LogP contribution is 2.32. The molecular formula is C21H20N4O3S. The van der Waals surface area contributed by atoms with Crippen LogP contribution >= 0.6 is 11.3 Å². The zero-order valence-corrected chi connectivity index (χ0v) is 16.9. The molecule has 0 fully saturated rings. The van der Waals surface area contributed by atoms with Crippen LogP contribution in [-0.2, 0) is 6.54 Å². The Labute approximate surface area is 172 Å². The summed E-state index contributed by atoms with van der Waals surface area (Å²) >= 11 is 1.46. The van der Waals surface area contributed by atoms with E-state index in [0.717, 1.165) is 16.0 Å². The lowest BCUT2D eigenvalue weighted by Crippen LogP contribution is -2.34. The van der Waals surface area contributed by atoms with Gasteiger partial charge in [0.05, 0.1) is 31.0 Å². The van der Waals surface area contributed by atoms with Gasteiger partial charge in [0, 0.05) is 24.5 Å². The first-order valence-corrected chi connectivity index (χ1v) is 9.87. The second-order valence-corrected chi connectivity index (χ2v) is 7.29.